The molecular formula is C25H38BrO3Si2. The van der Waals surface area contributed by atoms with Crippen LogP contribution in [0.1, 0.15) is 47.1 Å². The van der Waals surface area contributed by atoms with Crippen LogP contribution >= 0.6 is 15.9 Å². The van der Waals surface area contributed by atoms with E-state index >= 15 is 0 Å². The van der Waals surface area contributed by atoms with Crippen LogP contribution in [-0.2, 0) is 6.61 Å². The van der Waals surface area contributed by atoms with E-state index in [1.165, 1.54) is 0 Å². The molecule has 0 unspecified atom stereocenters. The summed E-state index contributed by atoms with van der Waals surface area (Å²) in [7, 11) is -3.96. The predicted molar refractivity (Wildman–Crippen MR) is 139 cm³/mol. The molecule has 0 saturated heterocycles. The fourth-order valence-corrected chi connectivity index (χ4v) is 4.80. The van der Waals surface area contributed by atoms with Gasteiger partial charge in [-0.25, -0.2) is 0 Å². The van der Waals surface area contributed by atoms with Gasteiger partial charge in [0.05, 0.1) is 4.47 Å². The molecule has 3 nitrogen and oxygen atoms in total. The number of rotatable bonds is 7. The first-order valence-corrected chi connectivity index (χ1v) is 17.4. The monoisotopic (exact) mass is 521 g/mol. The van der Waals surface area contributed by atoms with Crippen molar-refractivity contribution in [3.63, 3.8) is 0 Å². The van der Waals surface area contributed by atoms with Crippen LogP contribution in [0.4, 0.5) is 0 Å². The maximum Gasteiger partial charge on any atom is 0.250 e. The number of hydrogen-bond acceptors (Lipinski definition) is 3. The zero-order valence-corrected chi connectivity index (χ0v) is 24.4. The first kappa shape index (κ1) is 26.0. The van der Waals surface area contributed by atoms with Crippen LogP contribution in [0.3, 0.4) is 0 Å². The SMILES string of the molecule is CC(C)(C)[Si](C)(C)Oc1cc(COc2[c]cccc2Br)cc(O[Si](C)(C)C(C)(C)C)c1. The van der Waals surface area contributed by atoms with Crippen molar-refractivity contribution in [2.75, 3.05) is 0 Å². The van der Waals surface area contributed by atoms with Crippen LogP contribution in [0.5, 0.6) is 17.2 Å². The van der Waals surface area contributed by atoms with Crippen molar-refractivity contribution in [3.8, 4) is 17.2 Å². The summed E-state index contributed by atoms with van der Waals surface area (Å²) in [5, 5.41) is 0.230. The molecule has 0 N–H and O–H groups in total. The molecule has 171 valence electrons. The van der Waals surface area contributed by atoms with Crippen molar-refractivity contribution in [1.82, 2.24) is 0 Å². The third-order valence-electron chi connectivity index (χ3n) is 6.45. The lowest BCUT2D eigenvalue weighted by Crippen LogP contribution is -2.44. The van der Waals surface area contributed by atoms with Gasteiger partial charge in [-0.2, -0.15) is 0 Å². The molecule has 0 aliphatic heterocycles. The van der Waals surface area contributed by atoms with Gasteiger partial charge in [0.2, 0.25) is 16.6 Å². The van der Waals surface area contributed by atoms with E-state index in [2.05, 4.69) is 108 Å². The van der Waals surface area contributed by atoms with Crippen LogP contribution in [0.25, 0.3) is 0 Å². The smallest absolute Gasteiger partial charge is 0.250 e. The number of hydrogen-bond donors (Lipinski definition) is 0. The number of halogens is 1. The van der Waals surface area contributed by atoms with Crippen LogP contribution in [-0.4, -0.2) is 16.6 Å². The lowest BCUT2D eigenvalue weighted by molar-refractivity contribution is 0.302. The van der Waals surface area contributed by atoms with E-state index in [1.54, 1.807) is 0 Å². The summed E-state index contributed by atoms with van der Waals surface area (Å²) in [5.74, 6) is 2.42. The average molecular weight is 523 g/mol. The Labute approximate surface area is 199 Å². The second-order valence-electron chi connectivity index (χ2n) is 11.2. The van der Waals surface area contributed by atoms with Crippen LogP contribution < -0.4 is 13.6 Å². The Balaban J connectivity index is 2.38. The zero-order chi connectivity index (χ0) is 23.7. The van der Waals surface area contributed by atoms with Gasteiger partial charge in [-0.3, -0.25) is 0 Å². The minimum atomic E-state index is -1.98. The summed E-state index contributed by atoms with van der Waals surface area (Å²) in [6, 6.07) is 15.1. The molecule has 0 bridgehead atoms. The van der Waals surface area contributed by atoms with Crippen molar-refractivity contribution in [2.24, 2.45) is 0 Å². The molecule has 0 heterocycles. The van der Waals surface area contributed by atoms with Crippen molar-refractivity contribution >= 4 is 32.6 Å². The van der Waals surface area contributed by atoms with E-state index in [0.29, 0.717) is 12.4 Å². The molecule has 0 atom stereocenters. The Morgan fingerprint density at radius 1 is 0.839 bits per heavy atom. The Bertz CT molecular complexity index is 850. The first-order chi connectivity index (χ1) is 14.0. The molecule has 0 amide bonds. The molecule has 0 spiro atoms. The van der Waals surface area contributed by atoms with Crippen molar-refractivity contribution < 1.29 is 13.6 Å². The first-order valence-electron chi connectivity index (χ1n) is 10.8. The van der Waals surface area contributed by atoms with Gasteiger partial charge < -0.3 is 13.6 Å². The minimum Gasteiger partial charge on any atom is -0.543 e. The molecule has 2 aromatic rings. The van der Waals surface area contributed by atoms with Crippen LogP contribution in [0.2, 0.25) is 36.3 Å². The largest absolute Gasteiger partial charge is 0.543 e. The average Bonchev–Trinajstić information content (AvgIpc) is 2.58. The topological polar surface area (TPSA) is 27.7 Å². The fraction of sp³-hybridized carbons (Fsp3) is 0.520. The maximum atomic E-state index is 6.63. The number of para-hydroxylation sites is 1. The lowest BCUT2D eigenvalue weighted by Gasteiger charge is -2.38. The summed E-state index contributed by atoms with van der Waals surface area (Å²) in [4.78, 5) is 0. The van der Waals surface area contributed by atoms with Crippen LogP contribution in [0, 0.1) is 6.07 Å². The molecule has 1 radical (unpaired) electrons. The van der Waals surface area contributed by atoms with Gasteiger partial charge in [-0.1, -0.05) is 53.7 Å². The molecule has 2 aromatic carbocycles. The number of benzene rings is 2. The molecule has 0 aromatic heterocycles. The fourth-order valence-electron chi connectivity index (χ4n) is 2.39. The lowest BCUT2D eigenvalue weighted by atomic mass is 10.2. The second kappa shape index (κ2) is 9.32. The third-order valence-corrected chi connectivity index (χ3v) is 15.8. The van der Waals surface area contributed by atoms with E-state index in [4.69, 9.17) is 13.6 Å². The molecule has 0 aliphatic carbocycles. The van der Waals surface area contributed by atoms with Gasteiger partial charge in [0, 0.05) is 12.1 Å². The molecule has 6 heteroatoms. The van der Waals surface area contributed by atoms with Crippen molar-refractivity contribution in [3.05, 3.63) is 52.5 Å². The van der Waals surface area contributed by atoms with E-state index in [9.17, 15) is 0 Å². The minimum absolute atomic E-state index is 0.115. The summed E-state index contributed by atoms with van der Waals surface area (Å²) in [6.45, 7) is 23.0. The summed E-state index contributed by atoms with van der Waals surface area (Å²) in [6.07, 6.45) is 0. The summed E-state index contributed by atoms with van der Waals surface area (Å²) in [5.41, 5.74) is 1.02. The Morgan fingerprint density at radius 2 is 1.32 bits per heavy atom. The highest BCUT2D eigenvalue weighted by atomic mass is 79.9. The summed E-state index contributed by atoms with van der Waals surface area (Å²) < 4.78 is 20.2. The van der Waals surface area contributed by atoms with E-state index in [1.807, 2.05) is 18.2 Å². The van der Waals surface area contributed by atoms with Gasteiger partial charge in [0.15, 0.2) is 0 Å². The van der Waals surface area contributed by atoms with Crippen molar-refractivity contribution in [1.29, 1.82) is 0 Å². The van der Waals surface area contributed by atoms with Gasteiger partial charge >= 0.3 is 0 Å². The highest BCUT2D eigenvalue weighted by molar-refractivity contribution is 9.10. The van der Waals surface area contributed by atoms with Crippen molar-refractivity contribution in [2.45, 2.75) is 84.4 Å². The standard InChI is InChI=1S/C25H38BrO3Si2/c1-24(2,3)30(7,8)28-20-15-19(18-27-23-14-12-11-13-22(23)26)16-21(17-20)29-31(9,10)25(4,5)6/h11-13,15-17H,18H2,1-10H3. The van der Waals surface area contributed by atoms with E-state index in [-0.39, 0.29) is 10.1 Å². The highest BCUT2D eigenvalue weighted by Crippen LogP contribution is 2.41. The van der Waals surface area contributed by atoms with E-state index < -0.39 is 16.6 Å². The summed E-state index contributed by atoms with van der Waals surface area (Å²) >= 11 is 3.53. The predicted octanol–water partition coefficient (Wildman–Crippen LogP) is 8.60. The molecule has 31 heavy (non-hydrogen) atoms. The second-order valence-corrected chi connectivity index (χ2v) is 21.5. The normalized spacial score (nSPS) is 13.1. The molecule has 0 fully saturated rings. The Morgan fingerprint density at radius 3 is 1.74 bits per heavy atom. The van der Waals surface area contributed by atoms with E-state index in [0.717, 1.165) is 21.5 Å². The molecule has 0 aliphatic rings. The molecule has 2 rings (SSSR count). The third kappa shape index (κ3) is 6.86. The number of ether oxygens (including phenoxy) is 1. The van der Waals surface area contributed by atoms with Gasteiger partial charge in [0.25, 0.3) is 0 Å². The molecular weight excluding hydrogens is 484 g/mol. The van der Waals surface area contributed by atoms with Gasteiger partial charge in [-0.05, 0) is 76.0 Å². The van der Waals surface area contributed by atoms with Crippen LogP contribution in [0.15, 0.2) is 40.9 Å². The van der Waals surface area contributed by atoms with Gasteiger partial charge in [-0.15, -0.1) is 0 Å². The van der Waals surface area contributed by atoms with Gasteiger partial charge in [0.1, 0.15) is 23.9 Å². The maximum absolute atomic E-state index is 6.63. The Kier molecular flexibility index (Phi) is 7.82. The quantitative estimate of drug-likeness (QED) is 0.341. The Hall–Kier alpha value is -1.25. The zero-order valence-electron chi connectivity index (χ0n) is 20.8. The highest BCUT2D eigenvalue weighted by Gasteiger charge is 2.40. The molecule has 0 saturated carbocycles.